The average Bonchev–Trinajstić information content (AvgIpc) is 4.41. The third-order valence-electron chi connectivity index (χ3n) is 12.9. The SMILES string of the molecule is C1=Cc2ccccc2Cc2ccccc21.C1=Cc2cnccc2C1.C1=Cc2ncccc2C1.c1cc2cnccc2cn1.c1ccc2cnccc2c1.c1ccc2cnncc2c1.c1ccc2nccnc2c1.c1ccncc1.c1cncnc1. The summed E-state index contributed by atoms with van der Waals surface area (Å²) in [5.41, 5.74) is 12.6. The molecule has 17 rings (SSSR count). The quantitative estimate of drug-likeness (QED) is 0.142. The predicted octanol–water partition coefficient (Wildman–Crippen LogP) is 15.7. The molecule has 0 amide bonds. The third kappa shape index (κ3) is 19.1. The molecule has 5 aromatic carbocycles. The number of allylic oxidation sites excluding steroid dienone is 2. The van der Waals surface area contributed by atoms with Crippen LogP contribution in [0.15, 0.2) is 306 Å². The van der Waals surface area contributed by atoms with Crippen molar-refractivity contribution >= 4 is 67.7 Å². The summed E-state index contributed by atoms with van der Waals surface area (Å²) in [6, 6.07) is 60.8. The van der Waals surface area contributed by atoms with E-state index < -0.39 is 0 Å². The van der Waals surface area contributed by atoms with Gasteiger partial charge in [0.25, 0.3) is 0 Å². The van der Waals surface area contributed by atoms with Crippen molar-refractivity contribution < 1.29 is 0 Å². The van der Waals surface area contributed by atoms with E-state index in [1.807, 2.05) is 147 Å². The molecule has 3 aliphatic rings. The molecule has 412 valence electrons. The maximum atomic E-state index is 4.17. The number of fused-ring (bicyclic) bond motifs is 8. The second-order valence-corrected chi connectivity index (χ2v) is 18.7. The maximum absolute atomic E-state index is 4.17. The highest BCUT2D eigenvalue weighted by Crippen LogP contribution is 2.24. The molecule has 0 radical (unpaired) electrons. The number of aromatic nitrogens is 12. The van der Waals surface area contributed by atoms with Crippen LogP contribution in [-0.4, -0.2) is 60.0 Å². The first-order valence-corrected chi connectivity index (χ1v) is 27.6. The van der Waals surface area contributed by atoms with Crippen molar-refractivity contribution in [1.29, 1.82) is 0 Å². The topological polar surface area (TPSA) is 155 Å². The zero-order valence-corrected chi connectivity index (χ0v) is 46.7. The standard InChI is InChI=1S/C15H12.C9H7N.3C8H6N2.2C8H7N.C5H5N.C4H4N2/c1-3-7-14-11-15-8-4-2-6-13(15)10-9-12(14)5-1;1-2-4-9-7-10-6-5-8(9)3-1;1-3-9-6-8-2-4-10-5-7(1)8;1-2-4-8-6-10-9-5-7(8)3-1;1-2-4-8-7(3-1)9-5-6-10-8;1-3-7-4-2-6-9-8(7)5-1;1-2-7-4-5-9-6-8(7)3-1;1-2-4-6-5-3-1;1-2-5-4-6-3-1/h1-10H,11H2;1-7H;3*1-6H;1-2,4-6H,3H2;1,3-6H,2H2;1-5H;1-4H. The van der Waals surface area contributed by atoms with Gasteiger partial charge in [-0.1, -0.05) is 152 Å². The molecule has 9 heterocycles. The molecule has 0 atom stereocenters. The van der Waals surface area contributed by atoms with E-state index in [0.717, 1.165) is 57.5 Å². The van der Waals surface area contributed by atoms with Gasteiger partial charge in [0.15, 0.2) is 0 Å². The first-order chi connectivity index (χ1) is 42.2. The molecule has 12 heteroatoms. The second kappa shape index (κ2) is 33.3. The van der Waals surface area contributed by atoms with Crippen LogP contribution in [0.3, 0.4) is 0 Å². The molecule has 9 aromatic heterocycles. The molecular formula is C73H60N12. The Hall–Kier alpha value is -11.5. The molecule has 12 nitrogen and oxygen atoms in total. The van der Waals surface area contributed by atoms with Crippen molar-refractivity contribution in [3.63, 3.8) is 0 Å². The van der Waals surface area contributed by atoms with Gasteiger partial charge in [0.2, 0.25) is 0 Å². The number of para-hydroxylation sites is 2. The summed E-state index contributed by atoms with van der Waals surface area (Å²) >= 11 is 0. The Morgan fingerprint density at radius 3 is 1.24 bits per heavy atom. The second-order valence-electron chi connectivity index (χ2n) is 18.7. The smallest absolute Gasteiger partial charge is 0.115 e. The van der Waals surface area contributed by atoms with Crippen LogP contribution in [0.5, 0.6) is 0 Å². The number of rotatable bonds is 0. The third-order valence-corrected chi connectivity index (χ3v) is 12.9. The zero-order chi connectivity index (χ0) is 58.0. The molecule has 0 unspecified atom stereocenters. The van der Waals surface area contributed by atoms with Crippen molar-refractivity contribution in [2.45, 2.75) is 19.3 Å². The van der Waals surface area contributed by atoms with Gasteiger partial charge < -0.3 is 0 Å². The lowest BCUT2D eigenvalue weighted by Gasteiger charge is -2.04. The van der Waals surface area contributed by atoms with Crippen molar-refractivity contribution in [3.05, 3.63) is 350 Å². The Morgan fingerprint density at radius 1 is 0.247 bits per heavy atom. The lowest BCUT2D eigenvalue weighted by atomic mass is 10.0. The number of pyridine rings is 6. The molecule has 0 spiro atoms. The minimum Gasteiger partial charge on any atom is -0.265 e. The van der Waals surface area contributed by atoms with Crippen LogP contribution < -0.4 is 0 Å². The summed E-state index contributed by atoms with van der Waals surface area (Å²) in [5.74, 6) is 0. The van der Waals surface area contributed by atoms with Crippen molar-refractivity contribution in [1.82, 2.24) is 60.0 Å². The van der Waals surface area contributed by atoms with Gasteiger partial charge >= 0.3 is 0 Å². The highest BCUT2D eigenvalue weighted by atomic mass is 15.1. The van der Waals surface area contributed by atoms with Gasteiger partial charge in [0.1, 0.15) is 6.33 Å². The Bertz CT molecular complexity index is 3600. The maximum Gasteiger partial charge on any atom is 0.115 e. The van der Waals surface area contributed by atoms with Gasteiger partial charge in [0.05, 0.1) is 29.1 Å². The first-order valence-electron chi connectivity index (χ1n) is 27.6. The molecular weight excluding hydrogens is 1040 g/mol. The predicted molar refractivity (Wildman–Crippen MR) is 345 cm³/mol. The Kier molecular flexibility index (Phi) is 22.8. The summed E-state index contributed by atoms with van der Waals surface area (Å²) < 4.78 is 0. The molecule has 0 aliphatic heterocycles. The van der Waals surface area contributed by atoms with Crippen LogP contribution in [0.1, 0.15) is 44.6 Å². The van der Waals surface area contributed by atoms with Gasteiger partial charge in [-0.25, -0.2) is 9.97 Å². The van der Waals surface area contributed by atoms with Gasteiger partial charge in [-0.2, -0.15) is 10.2 Å². The van der Waals surface area contributed by atoms with Crippen LogP contribution >= 0.6 is 0 Å². The summed E-state index contributed by atoms with van der Waals surface area (Å²) in [4.78, 5) is 39.5. The highest BCUT2D eigenvalue weighted by molar-refractivity contribution is 5.82. The zero-order valence-electron chi connectivity index (χ0n) is 46.7. The van der Waals surface area contributed by atoms with E-state index in [0.29, 0.717) is 0 Å². The minimum absolute atomic E-state index is 0.949. The average molecular weight is 1110 g/mol. The Labute approximate surface area is 495 Å². The first kappa shape index (κ1) is 58.2. The van der Waals surface area contributed by atoms with E-state index in [9.17, 15) is 0 Å². The van der Waals surface area contributed by atoms with Crippen LogP contribution in [-0.2, 0) is 19.3 Å². The fourth-order valence-corrected chi connectivity index (χ4v) is 8.62. The Morgan fingerprint density at radius 2 is 0.718 bits per heavy atom. The van der Waals surface area contributed by atoms with Crippen molar-refractivity contribution in [2.24, 2.45) is 0 Å². The monoisotopic (exact) mass is 1100 g/mol. The lowest BCUT2D eigenvalue weighted by molar-refractivity contribution is 1.05. The van der Waals surface area contributed by atoms with Gasteiger partial charge in [-0.15, -0.1) is 0 Å². The van der Waals surface area contributed by atoms with Crippen LogP contribution in [0, 0.1) is 0 Å². The molecule has 85 heavy (non-hydrogen) atoms. The van der Waals surface area contributed by atoms with Gasteiger partial charge in [-0.3, -0.25) is 39.9 Å². The van der Waals surface area contributed by atoms with E-state index in [2.05, 4.69) is 169 Å². The number of nitrogens with zero attached hydrogens (tertiary/aromatic N) is 12. The summed E-state index contributed by atoms with van der Waals surface area (Å²) in [7, 11) is 0. The van der Waals surface area contributed by atoms with E-state index in [1.54, 1.807) is 68.0 Å². The normalized spacial score (nSPS) is 11.0. The molecule has 0 fully saturated rings. The summed E-state index contributed by atoms with van der Waals surface area (Å²) in [5, 5.41) is 14.5. The van der Waals surface area contributed by atoms with Crippen molar-refractivity contribution in [2.75, 3.05) is 0 Å². The molecule has 0 N–H and O–H groups in total. The van der Waals surface area contributed by atoms with Crippen molar-refractivity contribution in [3.8, 4) is 0 Å². The van der Waals surface area contributed by atoms with Gasteiger partial charge in [0, 0.05) is 114 Å². The fourth-order valence-electron chi connectivity index (χ4n) is 8.62. The van der Waals surface area contributed by atoms with Crippen LogP contribution in [0.4, 0.5) is 0 Å². The van der Waals surface area contributed by atoms with E-state index in [-0.39, 0.29) is 0 Å². The molecule has 3 aliphatic carbocycles. The van der Waals surface area contributed by atoms with E-state index in [4.69, 9.17) is 0 Å². The number of hydrogen-bond donors (Lipinski definition) is 0. The number of benzene rings is 5. The summed E-state index contributed by atoms with van der Waals surface area (Å²) in [6.45, 7) is 0. The Balaban J connectivity index is 0.000000116. The molecule has 0 saturated carbocycles. The molecule has 14 aromatic rings. The van der Waals surface area contributed by atoms with E-state index >= 15 is 0 Å². The van der Waals surface area contributed by atoms with Crippen LogP contribution in [0.2, 0.25) is 0 Å². The lowest BCUT2D eigenvalue weighted by Crippen LogP contribution is -1.90. The van der Waals surface area contributed by atoms with Crippen LogP contribution in [0.25, 0.3) is 67.7 Å². The minimum atomic E-state index is 0.949. The number of hydrogen-bond acceptors (Lipinski definition) is 12. The van der Waals surface area contributed by atoms with Gasteiger partial charge in [-0.05, 0) is 136 Å². The summed E-state index contributed by atoms with van der Waals surface area (Å²) in [6.07, 6.45) is 47.8. The molecule has 0 saturated heterocycles. The largest absolute Gasteiger partial charge is 0.265 e. The van der Waals surface area contributed by atoms with E-state index in [1.165, 1.54) is 56.0 Å². The molecule has 0 bridgehead atoms. The fraction of sp³-hybridized carbons (Fsp3) is 0.0411. The highest BCUT2D eigenvalue weighted by Gasteiger charge is 2.07.